The molecule has 1 heterocycles. The van der Waals surface area contributed by atoms with Gasteiger partial charge in [0.25, 0.3) is 0 Å². The summed E-state index contributed by atoms with van der Waals surface area (Å²) < 4.78 is 0. The van der Waals surface area contributed by atoms with Gasteiger partial charge < -0.3 is 5.11 Å². The van der Waals surface area contributed by atoms with Crippen LogP contribution in [0.15, 0.2) is 12.1 Å². The zero-order valence-electron chi connectivity index (χ0n) is 6.58. The third kappa shape index (κ3) is 2.66. The number of hydrogen-bond acceptors (Lipinski definition) is 3. The van der Waals surface area contributed by atoms with Crippen molar-refractivity contribution in [3.8, 4) is 23.7 Å². The first-order chi connectivity index (χ1) is 6.24. The van der Waals surface area contributed by atoms with Gasteiger partial charge in [0.2, 0.25) is 0 Å². The number of aromatic nitrogens is 1. The maximum absolute atomic E-state index is 9.23. The summed E-state index contributed by atoms with van der Waals surface area (Å²) in [5.41, 5.74) is 0.197. The second-order valence-corrected chi connectivity index (χ2v) is 2.53. The normalized spacial score (nSPS) is 8.31. The lowest BCUT2D eigenvalue weighted by atomic mass is 10.3. The van der Waals surface area contributed by atoms with Gasteiger partial charge in [-0.2, -0.15) is 5.26 Å². The molecule has 1 aromatic heterocycles. The molecule has 1 rings (SSSR count). The Morgan fingerprint density at radius 3 is 3.00 bits per heavy atom. The molecule has 0 unspecified atom stereocenters. The minimum Gasteiger partial charge on any atom is -0.505 e. The van der Waals surface area contributed by atoms with E-state index in [4.69, 9.17) is 16.9 Å². The van der Waals surface area contributed by atoms with Crippen molar-refractivity contribution in [2.45, 2.75) is 6.42 Å². The van der Waals surface area contributed by atoms with Crippen molar-refractivity contribution in [3.63, 3.8) is 0 Å². The van der Waals surface area contributed by atoms with Crippen molar-refractivity contribution in [1.29, 1.82) is 5.26 Å². The van der Waals surface area contributed by atoms with Crippen LogP contribution in [0.25, 0.3) is 0 Å². The molecule has 0 aliphatic heterocycles. The van der Waals surface area contributed by atoms with E-state index < -0.39 is 0 Å². The number of halogens is 1. The van der Waals surface area contributed by atoms with Crippen LogP contribution < -0.4 is 0 Å². The van der Waals surface area contributed by atoms with Crippen LogP contribution in [0.2, 0.25) is 5.15 Å². The van der Waals surface area contributed by atoms with Crippen LogP contribution in [-0.4, -0.2) is 10.1 Å². The summed E-state index contributed by atoms with van der Waals surface area (Å²) in [6, 6.07) is 4.73. The summed E-state index contributed by atoms with van der Waals surface area (Å²) in [6.45, 7) is 0. The second kappa shape index (κ2) is 4.35. The fourth-order valence-electron chi connectivity index (χ4n) is 0.687. The highest BCUT2D eigenvalue weighted by Crippen LogP contribution is 2.15. The molecule has 0 bridgehead atoms. The average Bonchev–Trinajstić information content (AvgIpc) is 2.11. The molecule has 3 nitrogen and oxygen atoms in total. The molecular formula is C9H5ClN2O. The van der Waals surface area contributed by atoms with Crippen LogP contribution in [0.1, 0.15) is 12.1 Å². The fraction of sp³-hybridized carbons (Fsp3) is 0.111. The summed E-state index contributed by atoms with van der Waals surface area (Å²) >= 11 is 5.57. The summed E-state index contributed by atoms with van der Waals surface area (Å²) in [5.74, 6) is 5.03. The molecule has 1 aromatic rings. The SMILES string of the molecule is N#CCC#Cc1nc(Cl)ccc1O. The molecule has 0 aliphatic carbocycles. The monoisotopic (exact) mass is 192 g/mol. The van der Waals surface area contributed by atoms with Gasteiger partial charge in [-0.15, -0.1) is 0 Å². The molecule has 0 spiro atoms. The van der Waals surface area contributed by atoms with E-state index in [1.165, 1.54) is 12.1 Å². The first-order valence-corrected chi connectivity index (χ1v) is 3.83. The Kier molecular flexibility index (Phi) is 3.14. The van der Waals surface area contributed by atoms with Gasteiger partial charge in [0.05, 0.1) is 12.5 Å². The van der Waals surface area contributed by atoms with E-state index in [0.717, 1.165) is 0 Å². The molecule has 0 fully saturated rings. The molecule has 0 radical (unpaired) electrons. The van der Waals surface area contributed by atoms with E-state index in [0.29, 0.717) is 0 Å². The lowest BCUT2D eigenvalue weighted by molar-refractivity contribution is 0.471. The zero-order valence-corrected chi connectivity index (χ0v) is 7.34. The van der Waals surface area contributed by atoms with Gasteiger partial charge in [0.1, 0.15) is 10.9 Å². The van der Waals surface area contributed by atoms with Gasteiger partial charge in [-0.1, -0.05) is 17.5 Å². The molecule has 0 atom stereocenters. The van der Waals surface area contributed by atoms with Crippen LogP contribution >= 0.6 is 11.6 Å². The van der Waals surface area contributed by atoms with Crippen LogP contribution in [0, 0.1) is 23.2 Å². The van der Waals surface area contributed by atoms with Crippen molar-refractivity contribution >= 4 is 11.6 Å². The van der Waals surface area contributed by atoms with Crippen molar-refractivity contribution in [2.24, 2.45) is 0 Å². The van der Waals surface area contributed by atoms with Gasteiger partial charge >= 0.3 is 0 Å². The van der Waals surface area contributed by atoms with Gasteiger partial charge in [-0.25, -0.2) is 4.98 Å². The van der Waals surface area contributed by atoms with E-state index in [9.17, 15) is 5.11 Å². The minimum atomic E-state index is -0.0326. The number of rotatable bonds is 0. The van der Waals surface area contributed by atoms with Crippen molar-refractivity contribution < 1.29 is 5.11 Å². The fourth-order valence-corrected chi connectivity index (χ4v) is 0.835. The number of nitriles is 1. The van der Waals surface area contributed by atoms with Gasteiger partial charge in [0, 0.05) is 0 Å². The highest BCUT2D eigenvalue weighted by Gasteiger charge is 1.98. The van der Waals surface area contributed by atoms with Gasteiger partial charge in [0.15, 0.2) is 5.69 Å². The highest BCUT2D eigenvalue weighted by atomic mass is 35.5. The maximum atomic E-state index is 9.23. The average molecular weight is 193 g/mol. The van der Waals surface area contributed by atoms with E-state index in [-0.39, 0.29) is 23.0 Å². The highest BCUT2D eigenvalue weighted by molar-refractivity contribution is 6.29. The van der Waals surface area contributed by atoms with Crippen LogP contribution in [0.3, 0.4) is 0 Å². The van der Waals surface area contributed by atoms with E-state index in [1.54, 1.807) is 0 Å². The Bertz CT molecular complexity index is 412. The predicted molar refractivity (Wildman–Crippen MR) is 48.0 cm³/mol. The molecule has 0 saturated heterocycles. The third-order valence-electron chi connectivity index (χ3n) is 1.21. The molecule has 1 N–H and O–H groups in total. The van der Waals surface area contributed by atoms with E-state index >= 15 is 0 Å². The summed E-state index contributed by atoms with van der Waals surface area (Å²) in [5, 5.41) is 17.7. The number of nitrogens with zero attached hydrogens (tertiary/aromatic N) is 2. The largest absolute Gasteiger partial charge is 0.505 e. The number of aromatic hydroxyl groups is 1. The topological polar surface area (TPSA) is 56.9 Å². The van der Waals surface area contributed by atoms with Crippen LogP contribution in [-0.2, 0) is 0 Å². The van der Waals surface area contributed by atoms with Crippen LogP contribution in [0.4, 0.5) is 0 Å². The summed E-state index contributed by atoms with van der Waals surface area (Å²) in [7, 11) is 0. The molecule has 0 amide bonds. The summed E-state index contributed by atoms with van der Waals surface area (Å²) in [4.78, 5) is 3.78. The molecule has 0 aliphatic rings. The minimum absolute atomic E-state index is 0.0326. The van der Waals surface area contributed by atoms with Crippen LogP contribution in [0.5, 0.6) is 5.75 Å². The Hall–Kier alpha value is -1.71. The third-order valence-corrected chi connectivity index (χ3v) is 1.42. The maximum Gasteiger partial charge on any atom is 0.156 e. The Labute approximate surface area is 80.6 Å². The Morgan fingerprint density at radius 2 is 2.31 bits per heavy atom. The standard InChI is InChI=1S/C9H5ClN2O/c10-9-5-4-8(13)7(12-9)3-1-2-6-11/h4-5,13H,2H2. The van der Waals surface area contributed by atoms with Crippen molar-refractivity contribution in [3.05, 3.63) is 23.0 Å². The summed E-state index contributed by atoms with van der Waals surface area (Å²) in [6.07, 6.45) is 0.105. The molecule has 4 heteroatoms. The predicted octanol–water partition coefficient (Wildman–Crippen LogP) is 1.71. The molecule has 0 saturated carbocycles. The number of pyridine rings is 1. The van der Waals surface area contributed by atoms with Crippen molar-refractivity contribution in [1.82, 2.24) is 4.98 Å². The molecule has 64 valence electrons. The first kappa shape index (κ1) is 9.38. The first-order valence-electron chi connectivity index (χ1n) is 3.45. The van der Waals surface area contributed by atoms with Gasteiger partial charge in [-0.3, -0.25) is 0 Å². The molecule has 13 heavy (non-hydrogen) atoms. The smallest absolute Gasteiger partial charge is 0.156 e. The quantitative estimate of drug-likeness (QED) is 0.503. The number of hydrogen-bond donors (Lipinski definition) is 1. The molecular weight excluding hydrogens is 188 g/mol. The second-order valence-electron chi connectivity index (χ2n) is 2.14. The Balaban J connectivity index is 2.97. The van der Waals surface area contributed by atoms with E-state index in [2.05, 4.69) is 16.8 Å². The molecule has 0 aromatic carbocycles. The zero-order chi connectivity index (χ0) is 9.68. The lowest BCUT2D eigenvalue weighted by Gasteiger charge is -1.94. The van der Waals surface area contributed by atoms with E-state index in [1.807, 2.05) is 6.07 Å². The Morgan fingerprint density at radius 1 is 1.54 bits per heavy atom. The van der Waals surface area contributed by atoms with Crippen molar-refractivity contribution in [2.75, 3.05) is 0 Å². The van der Waals surface area contributed by atoms with Gasteiger partial charge in [-0.05, 0) is 18.1 Å². The lowest BCUT2D eigenvalue weighted by Crippen LogP contribution is -1.83.